The van der Waals surface area contributed by atoms with Gasteiger partial charge in [-0.15, -0.1) is 6.58 Å². The second kappa shape index (κ2) is 8.62. The highest BCUT2D eigenvalue weighted by molar-refractivity contribution is 5.89. The van der Waals surface area contributed by atoms with Crippen LogP contribution in [0.4, 0.5) is 17.5 Å². The van der Waals surface area contributed by atoms with Crippen LogP contribution in [-0.2, 0) is 4.74 Å². The summed E-state index contributed by atoms with van der Waals surface area (Å²) in [6, 6.07) is 18.7. The number of carbonyl (C=O) groups excluding carboxylic acids is 1. The average molecular weight is 360 g/mol. The van der Waals surface area contributed by atoms with Crippen molar-refractivity contribution < 1.29 is 9.53 Å². The molecule has 1 aromatic heterocycles. The molecule has 2 N–H and O–H groups in total. The van der Waals surface area contributed by atoms with Crippen LogP contribution in [0.15, 0.2) is 73.3 Å². The second-order valence-corrected chi connectivity index (χ2v) is 5.69. The number of rotatable bonds is 7. The fraction of sp³-hybridized carbons (Fsp3) is 0.0952. The molecule has 0 aliphatic carbocycles. The minimum Gasteiger partial charge on any atom is -0.465 e. The predicted octanol–water partition coefficient (Wildman–Crippen LogP) is 4.27. The zero-order chi connectivity index (χ0) is 19.1. The monoisotopic (exact) mass is 360 g/mol. The number of benzene rings is 2. The van der Waals surface area contributed by atoms with Crippen molar-refractivity contribution in [3.63, 3.8) is 0 Å². The van der Waals surface area contributed by atoms with E-state index in [-0.39, 0.29) is 5.97 Å². The molecule has 0 saturated heterocycles. The van der Waals surface area contributed by atoms with Crippen molar-refractivity contribution in [1.82, 2.24) is 9.97 Å². The summed E-state index contributed by atoms with van der Waals surface area (Å²) in [7, 11) is 1.36. The Balaban J connectivity index is 1.89. The number of methoxy groups -OCH3 is 1. The van der Waals surface area contributed by atoms with Crippen LogP contribution in [0.25, 0.3) is 11.3 Å². The molecule has 0 bridgehead atoms. The highest BCUT2D eigenvalue weighted by atomic mass is 16.5. The normalized spacial score (nSPS) is 10.1. The summed E-state index contributed by atoms with van der Waals surface area (Å²) >= 11 is 0. The van der Waals surface area contributed by atoms with Crippen LogP contribution in [0.2, 0.25) is 0 Å². The molecule has 1 heterocycles. The number of esters is 1. The molecule has 6 heteroatoms. The van der Waals surface area contributed by atoms with Gasteiger partial charge in [0, 0.05) is 23.9 Å². The van der Waals surface area contributed by atoms with Gasteiger partial charge in [-0.2, -0.15) is 4.98 Å². The average Bonchev–Trinajstić information content (AvgIpc) is 2.72. The lowest BCUT2D eigenvalue weighted by Gasteiger charge is -2.11. The third-order valence-electron chi connectivity index (χ3n) is 3.79. The van der Waals surface area contributed by atoms with Gasteiger partial charge in [-0.3, -0.25) is 0 Å². The molecular formula is C21H20N4O2. The van der Waals surface area contributed by atoms with Crippen molar-refractivity contribution in [3.8, 4) is 11.3 Å². The van der Waals surface area contributed by atoms with Crippen LogP contribution in [-0.4, -0.2) is 29.6 Å². The first-order valence-electron chi connectivity index (χ1n) is 8.44. The molecule has 3 rings (SSSR count). The van der Waals surface area contributed by atoms with Crippen LogP contribution < -0.4 is 10.6 Å². The van der Waals surface area contributed by atoms with E-state index in [0.717, 1.165) is 16.9 Å². The SMILES string of the molecule is C=CCNc1cc(-c2ccccc2)nc(Nc2ccc(C(=O)OC)cc2)n1. The standard InChI is InChI=1S/C21H20N4O2/c1-3-13-22-19-14-18(15-7-5-4-6-8-15)24-21(25-19)23-17-11-9-16(10-12-17)20(26)27-2/h3-12,14H,1,13H2,2H3,(H2,22,23,24,25). The summed E-state index contributed by atoms with van der Waals surface area (Å²) in [5, 5.41) is 6.37. The van der Waals surface area contributed by atoms with E-state index < -0.39 is 0 Å². The number of nitrogens with zero attached hydrogens (tertiary/aromatic N) is 2. The number of hydrogen-bond donors (Lipinski definition) is 2. The number of anilines is 3. The molecule has 3 aromatic rings. The largest absolute Gasteiger partial charge is 0.465 e. The molecule has 0 aliphatic rings. The fourth-order valence-corrected chi connectivity index (χ4v) is 2.46. The van der Waals surface area contributed by atoms with Crippen LogP contribution in [0.3, 0.4) is 0 Å². The zero-order valence-corrected chi connectivity index (χ0v) is 15.0. The van der Waals surface area contributed by atoms with E-state index in [1.165, 1.54) is 7.11 Å². The number of carbonyl (C=O) groups is 1. The summed E-state index contributed by atoms with van der Waals surface area (Å²) in [4.78, 5) is 20.6. The van der Waals surface area contributed by atoms with Gasteiger partial charge in [0.25, 0.3) is 0 Å². The molecule has 0 atom stereocenters. The summed E-state index contributed by atoms with van der Waals surface area (Å²) in [5.41, 5.74) is 3.04. The Bertz CT molecular complexity index is 925. The van der Waals surface area contributed by atoms with Gasteiger partial charge in [0.2, 0.25) is 5.95 Å². The Kier molecular flexibility index (Phi) is 5.79. The van der Waals surface area contributed by atoms with E-state index >= 15 is 0 Å². The minimum atomic E-state index is -0.375. The van der Waals surface area contributed by atoms with Crippen molar-refractivity contribution in [2.24, 2.45) is 0 Å². The molecule has 0 fully saturated rings. The molecule has 0 radical (unpaired) electrons. The highest BCUT2D eigenvalue weighted by Crippen LogP contribution is 2.23. The number of aromatic nitrogens is 2. The van der Waals surface area contributed by atoms with Crippen LogP contribution in [0.1, 0.15) is 10.4 Å². The summed E-state index contributed by atoms with van der Waals surface area (Å²) < 4.78 is 4.71. The van der Waals surface area contributed by atoms with Gasteiger partial charge in [0.05, 0.1) is 18.4 Å². The first-order chi connectivity index (χ1) is 13.2. The van der Waals surface area contributed by atoms with Gasteiger partial charge in [-0.1, -0.05) is 36.4 Å². The Morgan fingerprint density at radius 3 is 2.52 bits per heavy atom. The molecule has 0 aliphatic heterocycles. The van der Waals surface area contributed by atoms with Gasteiger partial charge >= 0.3 is 5.97 Å². The maximum atomic E-state index is 11.5. The van der Waals surface area contributed by atoms with Gasteiger partial charge in [-0.25, -0.2) is 9.78 Å². The van der Waals surface area contributed by atoms with Crippen LogP contribution in [0.5, 0.6) is 0 Å². The summed E-state index contributed by atoms with van der Waals surface area (Å²) in [5.74, 6) is 0.769. The smallest absolute Gasteiger partial charge is 0.337 e. The van der Waals surface area contributed by atoms with E-state index in [9.17, 15) is 4.79 Å². The lowest BCUT2D eigenvalue weighted by molar-refractivity contribution is 0.0601. The molecular weight excluding hydrogens is 340 g/mol. The maximum absolute atomic E-state index is 11.5. The van der Waals surface area contributed by atoms with E-state index in [1.807, 2.05) is 36.4 Å². The lowest BCUT2D eigenvalue weighted by atomic mass is 10.1. The third kappa shape index (κ3) is 4.70. The van der Waals surface area contributed by atoms with E-state index in [4.69, 9.17) is 4.74 Å². The van der Waals surface area contributed by atoms with Crippen molar-refractivity contribution in [2.45, 2.75) is 0 Å². The van der Waals surface area contributed by atoms with Crippen molar-refractivity contribution in [2.75, 3.05) is 24.3 Å². The molecule has 0 amide bonds. The Labute approximate surface area is 157 Å². The van der Waals surface area contributed by atoms with Crippen LogP contribution in [0, 0.1) is 0 Å². The van der Waals surface area contributed by atoms with Crippen molar-refractivity contribution >= 4 is 23.4 Å². The minimum absolute atomic E-state index is 0.375. The first-order valence-corrected chi connectivity index (χ1v) is 8.44. The topological polar surface area (TPSA) is 76.1 Å². The first kappa shape index (κ1) is 18.1. The summed E-state index contributed by atoms with van der Waals surface area (Å²) in [6.07, 6.45) is 1.77. The quantitative estimate of drug-likeness (QED) is 0.484. The van der Waals surface area contributed by atoms with Gasteiger partial charge in [0.1, 0.15) is 5.82 Å². The molecule has 136 valence electrons. The molecule has 0 saturated carbocycles. The zero-order valence-electron chi connectivity index (χ0n) is 15.0. The summed E-state index contributed by atoms with van der Waals surface area (Å²) in [6.45, 7) is 4.31. The van der Waals surface area contributed by atoms with E-state index in [0.29, 0.717) is 23.9 Å². The Morgan fingerprint density at radius 1 is 1.11 bits per heavy atom. The third-order valence-corrected chi connectivity index (χ3v) is 3.79. The molecule has 6 nitrogen and oxygen atoms in total. The Morgan fingerprint density at radius 2 is 1.85 bits per heavy atom. The van der Waals surface area contributed by atoms with E-state index in [2.05, 4.69) is 27.2 Å². The number of ether oxygens (including phenoxy) is 1. The predicted molar refractivity (Wildman–Crippen MR) is 107 cm³/mol. The Hall–Kier alpha value is -3.67. The second-order valence-electron chi connectivity index (χ2n) is 5.69. The highest BCUT2D eigenvalue weighted by Gasteiger charge is 2.08. The van der Waals surface area contributed by atoms with Crippen molar-refractivity contribution in [3.05, 3.63) is 78.9 Å². The number of hydrogen-bond acceptors (Lipinski definition) is 6. The maximum Gasteiger partial charge on any atom is 0.337 e. The van der Waals surface area contributed by atoms with E-state index in [1.54, 1.807) is 30.3 Å². The molecule has 27 heavy (non-hydrogen) atoms. The van der Waals surface area contributed by atoms with Gasteiger partial charge < -0.3 is 15.4 Å². The van der Waals surface area contributed by atoms with Crippen molar-refractivity contribution in [1.29, 1.82) is 0 Å². The van der Waals surface area contributed by atoms with Gasteiger partial charge in [-0.05, 0) is 24.3 Å². The molecule has 2 aromatic carbocycles. The molecule has 0 spiro atoms. The van der Waals surface area contributed by atoms with Crippen LogP contribution >= 0.6 is 0 Å². The molecule has 0 unspecified atom stereocenters. The number of nitrogens with one attached hydrogen (secondary N) is 2. The lowest BCUT2D eigenvalue weighted by Crippen LogP contribution is -2.05. The fourth-order valence-electron chi connectivity index (χ4n) is 2.46. The van der Waals surface area contributed by atoms with Gasteiger partial charge in [0.15, 0.2) is 0 Å².